The number of carbonyl (C=O) groups is 2. The third-order valence-electron chi connectivity index (χ3n) is 2.25. The van der Waals surface area contributed by atoms with Gasteiger partial charge in [-0.3, -0.25) is 9.59 Å². The maximum Gasteiger partial charge on any atom is 0.325 e. The Morgan fingerprint density at radius 2 is 2.00 bits per heavy atom. The van der Waals surface area contributed by atoms with Crippen LogP contribution < -0.4 is 5.32 Å². The maximum atomic E-state index is 11.9. The number of carbonyl (C=O) groups excluding carboxylic acids is 2. The lowest BCUT2D eigenvalue weighted by Crippen LogP contribution is -2.43. The summed E-state index contributed by atoms with van der Waals surface area (Å²) in [6.45, 7) is 5.87. The number of methoxy groups -OCH3 is 1. The van der Waals surface area contributed by atoms with Gasteiger partial charge in [0.25, 0.3) is 0 Å². The number of hydrogen-bond acceptors (Lipinski definition) is 5. The molecule has 6 heteroatoms. The number of hydrogen-bond donors (Lipinski definition) is 1. The van der Waals surface area contributed by atoms with Crippen LogP contribution in [0.4, 0.5) is 0 Å². The molecule has 106 valence electrons. The van der Waals surface area contributed by atoms with Gasteiger partial charge in [0.05, 0.1) is 19.8 Å². The van der Waals surface area contributed by atoms with Crippen molar-refractivity contribution in [2.75, 3.05) is 46.5 Å². The Bertz CT molecular complexity index is 246. The van der Waals surface area contributed by atoms with Gasteiger partial charge in [0.2, 0.25) is 5.91 Å². The van der Waals surface area contributed by atoms with Crippen LogP contribution in [0.5, 0.6) is 0 Å². The van der Waals surface area contributed by atoms with Gasteiger partial charge in [0, 0.05) is 13.7 Å². The number of amides is 1. The second kappa shape index (κ2) is 11.0. The van der Waals surface area contributed by atoms with Crippen molar-refractivity contribution in [1.82, 2.24) is 10.2 Å². The summed E-state index contributed by atoms with van der Waals surface area (Å²) in [5.74, 6) is -0.508. The van der Waals surface area contributed by atoms with Crippen LogP contribution in [0.3, 0.4) is 0 Å². The molecule has 6 nitrogen and oxygen atoms in total. The lowest BCUT2D eigenvalue weighted by Gasteiger charge is -2.21. The average molecular weight is 260 g/mol. The molecule has 0 rings (SSSR count). The Balaban J connectivity index is 4.18. The van der Waals surface area contributed by atoms with E-state index in [0.717, 1.165) is 13.0 Å². The van der Waals surface area contributed by atoms with E-state index in [1.54, 1.807) is 14.0 Å². The van der Waals surface area contributed by atoms with Crippen molar-refractivity contribution in [1.29, 1.82) is 0 Å². The van der Waals surface area contributed by atoms with Crippen molar-refractivity contribution in [3.05, 3.63) is 0 Å². The Kier molecular flexibility index (Phi) is 10.3. The molecule has 1 N–H and O–H groups in total. The van der Waals surface area contributed by atoms with Crippen LogP contribution in [0.25, 0.3) is 0 Å². The minimum absolute atomic E-state index is 0.0240. The molecule has 0 bridgehead atoms. The van der Waals surface area contributed by atoms with E-state index in [4.69, 9.17) is 9.47 Å². The minimum atomic E-state index is -0.391. The van der Waals surface area contributed by atoms with Crippen molar-refractivity contribution in [3.63, 3.8) is 0 Å². The molecule has 0 spiro atoms. The molecule has 0 saturated carbocycles. The van der Waals surface area contributed by atoms with E-state index < -0.39 is 5.97 Å². The summed E-state index contributed by atoms with van der Waals surface area (Å²) in [6, 6.07) is 0. The molecule has 0 aromatic heterocycles. The standard InChI is InChI=1S/C12H24N2O4/c1-4-6-13-9-11(15)14(7-8-17-3)10-12(16)18-5-2/h13H,4-10H2,1-3H3. The Labute approximate surface area is 109 Å². The van der Waals surface area contributed by atoms with Gasteiger partial charge in [-0.25, -0.2) is 0 Å². The van der Waals surface area contributed by atoms with Gasteiger partial charge in [-0.2, -0.15) is 0 Å². The fourth-order valence-electron chi connectivity index (χ4n) is 1.34. The van der Waals surface area contributed by atoms with Gasteiger partial charge in [-0.15, -0.1) is 0 Å². The summed E-state index contributed by atoms with van der Waals surface area (Å²) in [4.78, 5) is 24.7. The van der Waals surface area contributed by atoms with E-state index in [-0.39, 0.29) is 19.0 Å². The van der Waals surface area contributed by atoms with Crippen molar-refractivity contribution in [2.24, 2.45) is 0 Å². The van der Waals surface area contributed by atoms with Crippen molar-refractivity contribution in [2.45, 2.75) is 20.3 Å². The highest BCUT2D eigenvalue weighted by Crippen LogP contribution is 1.92. The fourth-order valence-corrected chi connectivity index (χ4v) is 1.34. The van der Waals surface area contributed by atoms with Gasteiger partial charge in [-0.1, -0.05) is 6.92 Å². The predicted octanol–water partition coefficient (Wildman–Crippen LogP) is 0.0241. The van der Waals surface area contributed by atoms with Crippen molar-refractivity contribution >= 4 is 11.9 Å². The molecular formula is C12H24N2O4. The Hall–Kier alpha value is -1.14. The highest BCUT2D eigenvalue weighted by molar-refractivity contribution is 5.83. The van der Waals surface area contributed by atoms with E-state index in [9.17, 15) is 9.59 Å². The van der Waals surface area contributed by atoms with E-state index in [0.29, 0.717) is 19.8 Å². The van der Waals surface area contributed by atoms with E-state index in [1.807, 2.05) is 6.92 Å². The van der Waals surface area contributed by atoms with Crippen LogP contribution >= 0.6 is 0 Å². The molecule has 1 amide bonds. The summed E-state index contributed by atoms with van der Waals surface area (Å²) >= 11 is 0. The highest BCUT2D eigenvalue weighted by Gasteiger charge is 2.16. The first-order valence-electron chi connectivity index (χ1n) is 6.28. The first kappa shape index (κ1) is 16.9. The molecule has 0 aliphatic rings. The second-order valence-corrected chi connectivity index (χ2v) is 3.79. The zero-order valence-corrected chi connectivity index (χ0v) is 11.5. The molecule has 18 heavy (non-hydrogen) atoms. The van der Waals surface area contributed by atoms with Gasteiger partial charge in [0.1, 0.15) is 6.54 Å². The van der Waals surface area contributed by atoms with Gasteiger partial charge in [0.15, 0.2) is 0 Å². The topological polar surface area (TPSA) is 67.9 Å². The van der Waals surface area contributed by atoms with Crippen LogP contribution in [0, 0.1) is 0 Å². The monoisotopic (exact) mass is 260 g/mol. The van der Waals surface area contributed by atoms with E-state index >= 15 is 0 Å². The first-order valence-corrected chi connectivity index (χ1v) is 6.28. The second-order valence-electron chi connectivity index (χ2n) is 3.79. The van der Waals surface area contributed by atoms with Crippen LogP contribution in [0.15, 0.2) is 0 Å². The van der Waals surface area contributed by atoms with Gasteiger partial charge < -0.3 is 19.7 Å². The number of rotatable bonds is 10. The number of nitrogens with zero attached hydrogens (tertiary/aromatic N) is 1. The summed E-state index contributed by atoms with van der Waals surface area (Å²) in [5.41, 5.74) is 0. The number of nitrogens with one attached hydrogen (secondary N) is 1. The normalized spacial score (nSPS) is 10.2. The maximum absolute atomic E-state index is 11.9. The van der Waals surface area contributed by atoms with Crippen molar-refractivity contribution in [3.8, 4) is 0 Å². The molecular weight excluding hydrogens is 236 g/mol. The molecule has 0 unspecified atom stereocenters. The van der Waals surface area contributed by atoms with Gasteiger partial charge in [-0.05, 0) is 19.9 Å². The van der Waals surface area contributed by atoms with Crippen LogP contribution in [0.2, 0.25) is 0 Å². The van der Waals surface area contributed by atoms with Crippen molar-refractivity contribution < 1.29 is 19.1 Å². The summed E-state index contributed by atoms with van der Waals surface area (Å²) < 4.78 is 9.76. The van der Waals surface area contributed by atoms with E-state index in [2.05, 4.69) is 5.32 Å². The summed E-state index contributed by atoms with van der Waals surface area (Å²) in [5, 5.41) is 3.01. The van der Waals surface area contributed by atoms with Crippen LogP contribution in [-0.2, 0) is 19.1 Å². The molecule has 0 aliphatic heterocycles. The summed E-state index contributed by atoms with van der Waals surface area (Å²) in [6.07, 6.45) is 0.962. The molecule has 0 fully saturated rings. The fraction of sp³-hybridized carbons (Fsp3) is 0.833. The quantitative estimate of drug-likeness (QED) is 0.443. The van der Waals surface area contributed by atoms with Gasteiger partial charge >= 0.3 is 5.97 Å². The average Bonchev–Trinajstić information content (AvgIpc) is 2.34. The molecule has 0 aromatic rings. The smallest absolute Gasteiger partial charge is 0.325 e. The molecule has 0 radical (unpaired) electrons. The largest absolute Gasteiger partial charge is 0.465 e. The van der Waals surface area contributed by atoms with Crippen LogP contribution in [0.1, 0.15) is 20.3 Å². The molecule has 0 heterocycles. The Morgan fingerprint density at radius 1 is 1.28 bits per heavy atom. The SMILES string of the molecule is CCCNCC(=O)N(CCOC)CC(=O)OCC. The Morgan fingerprint density at radius 3 is 2.56 bits per heavy atom. The zero-order valence-electron chi connectivity index (χ0n) is 11.5. The predicted molar refractivity (Wildman–Crippen MR) is 68.2 cm³/mol. The first-order chi connectivity index (χ1) is 8.65. The third kappa shape index (κ3) is 8.03. The molecule has 0 saturated heterocycles. The van der Waals surface area contributed by atoms with Crippen LogP contribution in [-0.4, -0.2) is 63.3 Å². The highest BCUT2D eigenvalue weighted by atomic mass is 16.5. The lowest BCUT2D eigenvalue weighted by molar-refractivity contribution is -0.149. The lowest BCUT2D eigenvalue weighted by atomic mass is 10.4. The van der Waals surface area contributed by atoms with E-state index in [1.165, 1.54) is 4.90 Å². The molecule has 0 aliphatic carbocycles. The minimum Gasteiger partial charge on any atom is -0.465 e. The number of ether oxygens (including phenoxy) is 2. The molecule has 0 atom stereocenters. The number of esters is 1. The third-order valence-corrected chi connectivity index (χ3v) is 2.25. The molecule has 0 aromatic carbocycles. The zero-order chi connectivity index (χ0) is 13.8. The summed E-state index contributed by atoms with van der Waals surface area (Å²) in [7, 11) is 1.56.